The van der Waals surface area contributed by atoms with E-state index < -0.39 is 23.5 Å². The molecule has 104 valence electrons. The molecule has 0 amide bonds. The summed E-state index contributed by atoms with van der Waals surface area (Å²) in [6.45, 7) is 2.87. The quantitative estimate of drug-likeness (QED) is 0.917. The van der Waals surface area contributed by atoms with Gasteiger partial charge in [-0.05, 0) is 32.4 Å². The van der Waals surface area contributed by atoms with Crippen molar-refractivity contribution in [2.24, 2.45) is 5.92 Å². The van der Waals surface area contributed by atoms with E-state index in [0.717, 1.165) is 12.5 Å². The molecular formula is C14H17F2NO2. The average molecular weight is 269 g/mol. The molecule has 3 nitrogen and oxygen atoms in total. The van der Waals surface area contributed by atoms with Crippen molar-refractivity contribution in [1.82, 2.24) is 4.90 Å². The van der Waals surface area contributed by atoms with E-state index in [-0.39, 0.29) is 11.6 Å². The summed E-state index contributed by atoms with van der Waals surface area (Å²) in [5.74, 6) is -2.95. The number of carboxylic acids is 1. The lowest BCUT2D eigenvalue weighted by Crippen LogP contribution is -2.40. The third-order valence-corrected chi connectivity index (χ3v) is 3.78. The van der Waals surface area contributed by atoms with Crippen LogP contribution in [0.3, 0.4) is 0 Å². The predicted octanol–water partition coefficient (Wildman–Crippen LogP) is 2.82. The van der Waals surface area contributed by atoms with Crippen LogP contribution in [0, 0.1) is 17.6 Å². The molecule has 0 bridgehead atoms. The van der Waals surface area contributed by atoms with Gasteiger partial charge in [0.2, 0.25) is 0 Å². The smallest absolute Gasteiger partial charge is 0.307 e. The molecule has 0 aliphatic carbocycles. The molecule has 0 saturated carbocycles. The van der Waals surface area contributed by atoms with E-state index in [2.05, 4.69) is 0 Å². The highest BCUT2D eigenvalue weighted by molar-refractivity contribution is 5.70. The van der Waals surface area contributed by atoms with Crippen molar-refractivity contribution in [1.29, 1.82) is 0 Å². The molecule has 0 spiro atoms. The van der Waals surface area contributed by atoms with E-state index in [1.807, 2.05) is 4.90 Å². The third-order valence-electron chi connectivity index (χ3n) is 3.78. The number of nitrogens with zero attached hydrogens (tertiary/aromatic N) is 1. The molecule has 1 fully saturated rings. The van der Waals surface area contributed by atoms with Crippen LogP contribution in [0.25, 0.3) is 0 Å². The Morgan fingerprint density at radius 3 is 2.89 bits per heavy atom. The molecule has 1 N–H and O–H groups in total. The van der Waals surface area contributed by atoms with Crippen molar-refractivity contribution in [3.05, 3.63) is 35.4 Å². The first-order valence-corrected chi connectivity index (χ1v) is 6.41. The summed E-state index contributed by atoms with van der Waals surface area (Å²) >= 11 is 0. The maximum atomic E-state index is 13.7. The number of likely N-dealkylation sites (tertiary alicyclic amines) is 1. The van der Waals surface area contributed by atoms with Gasteiger partial charge in [0, 0.05) is 18.2 Å². The second kappa shape index (κ2) is 5.65. The molecule has 1 heterocycles. The maximum Gasteiger partial charge on any atom is 0.307 e. The summed E-state index contributed by atoms with van der Waals surface area (Å²) in [5.41, 5.74) is 0.283. The summed E-state index contributed by atoms with van der Waals surface area (Å²) in [5, 5.41) is 9.05. The Labute approximate surface area is 110 Å². The fraction of sp³-hybridized carbons (Fsp3) is 0.500. The molecule has 0 aromatic heterocycles. The molecule has 1 aliphatic heterocycles. The molecule has 1 aromatic rings. The van der Waals surface area contributed by atoms with E-state index in [1.165, 1.54) is 6.07 Å². The Balaban J connectivity index is 2.17. The topological polar surface area (TPSA) is 40.5 Å². The number of hydrogen-bond acceptors (Lipinski definition) is 2. The van der Waals surface area contributed by atoms with E-state index in [9.17, 15) is 13.6 Å². The minimum Gasteiger partial charge on any atom is -0.481 e. The lowest BCUT2D eigenvalue weighted by atomic mass is 9.95. The number of carbonyl (C=O) groups is 1. The van der Waals surface area contributed by atoms with Crippen molar-refractivity contribution in [2.75, 3.05) is 13.1 Å². The predicted molar refractivity (Wildman–Crippen MR) is 66.7 cm³/mol. The van der Waals surface area contributed by atoms with Gasteiger partial charge in [-0.25, -0.2) is 8.78 Å². The van der Waals surface area contributed by atoms with Crippen molar-refractivity contribution in [3.8, 4) is 0 Å². The van der Waals surface area contributed by atoms with Gasteiger partial charge in [0.25, 0.3) is 0 Å². The maximum absolute atomic E-state index is 13.7. The highest BCUT2D eigenvalue weighted by Gasteiger charge is 2.29. The van der Waals surface area contributed by atoms with Crippen LogP contribution < -0.4 is 0 Å². The van der Waals surface area contributed by atoms with Crippen LogP contribution in [-0.2, 0) is 4.79 Å². The minimum atomic E-state index is -0.865. The summed E-state index contributed by atoms with van der Waals surface area (Å²) in [6.07, 6.45) is 1.41. The molecule has 1 aliphatic rings. The fourth-order valence-electron chi connectivity index (χ4n) is 2.60. The van der Waals surface area contributed by atoms with Gasteiger partial charge in [0.1, 0.15) is 0 Å². The van der Waals surface area contributed by atoms with Crippen molar-refractivity contribution < 1.29 is 18.7 Å². The summed E-state index contributed by atoms with van der Waals surface area (Å²) < 4.78 is 27.0. The zero-order valence-electron chi connectivity index (χ0n) is 10.8. The number of aliphatic carboxylic acids is 1. The lowest BCUT2D eigenvalue weighted by molar-refractivity contribution is -0.143. The summed E-state index contributed by atoms with van der Waals surface area (Å²) in [6, 6.07) is 3.79. The van der Waals surface area contributed by atoms with Gasteiger partial charge in [-0.2, -0.15) is 0 Å². The Bertz CT molecular complexity index is 479. The van der Waals surface area contributed by atoms with Gasteiger partial charge in [0.05, 0.1) is 5.92 Å². The van der Waals surface area contributed by atoms with E-state index in [4.69, 9.17) is 5.11 Å². The molecular weight excluding hydrogens is 252 g/mol. The van der Waals surface area contributed by atoms with Gasteiger partial charge in [-0.3, -0.25) is 9.69 Å². The van der Waals surface area contributed by atoms with Crippen LogP contribution in [0.4, 0.5) is 8.78 Å². The number of benzene rings is 1. The first-order valence-electron chi connectivity index (χ1n) is 6.41. The highest BCUT2D eigenvalue weighted by atomic mass is 19.2. The molecule has 1 aromatic carbocycles. The Morgan fingerprint density at radius 1 is 1.47 bits per heavy atom. The van der Waals surface area contributed by atoms with Crippen molar-refractivity contribution in [3.63, 3.8) is 0 Å². The Hall–Kier alpha value is -1.49. The average Bonchev–Trinajstić information content (AvgIpc) is 2.41. The van der Waals surface area contributed by atoms with Crippen LogP contribution in [0.15, 0.2) is 18.2 Å². The van der Waals surface area contributed by atoms with E-state index in [0.29, 0.717) is 19.5 Å². The van der Waals surface area contributed by atoms with Gasteiger partial charge >= 0.3 is 5.97 Å². The van der Waals surface area contributed by atoms with Crippen LogP contribution in [0.2, 0.25) is 0 Å². The van der Waals surface area contributed by atoms with Crippen LogP contribution in [0.5, 0.6) is 0 Å². The fourth-order valence-corrected chi connectivity index (χ4v) is 2.60. The van der Waals surface area contributed by atoms with Gasteiger partial charge < -0.3 is 5.11 Å². The number of carboxylic acid groups (broad SMARTS) is 1. The van der Waals surface area contributed by atoms with Crippen molar-refractivity contribution >= 4 is 5.97 Å². The molecule has 19 heavy (non-hydrogen) atoms. The number of hydrogen-bond donors (Lipinski definition) is 1. The minimum absolute atomic E-state index is 0.283. The zero-order valence-corrected chi connectivity index (χ0v) is 10.8. The second-order valence-corrected chi connectivity index (χ2v) is 4.99. The standard InChI is InChI=1S/C14H17F2NO2/c1-9(11-5-2-6-12(15)13(11)16)17-7-3-4-10(8-17)14(18)19/h2,5-6,9-10H,3-4,7-8H2,1H3,(H,18,19). The Kier molecular flexibility index (Phi) is 4.14. The number of piperidine rings is 1. The first-order chi connectivity index (χ1) is 9.00. The molecule has 5 heteroatoms. The van der Waals surface area contributed by atoms with Gasteiger partial charge in [-0.1, -0.05) is 12.1 Å². The highest BCUT2D eigenvalue weighted by Crippen LogP contribution is 2.28. The normalized spacial score (nSPS) is 22.2. The number of halogens is 2. The first kappa shape index (κ1) is 13.9. The Morgan fingerprint density at radius 2 is 2.21 bits per heavy atom. The zero-order chi connectivity index (χ0) is 14.0. The van der Waals surface area contributed by atoms with Crippen LogP contribution in [-0.4, -0.2) is 29.1 Å². The van der Waals surface area contributed by atoms with Crippen molar-refractivity contribution in [2.45, 2.75) is 25.8 Å². The second-order valence-electron chi connectivity index (χ2n) is 4.99. The number of rotatable bonds is 3. The summed E-state index contributed by atoms with van der Waals surface area (Å²) in [4.78, 5) is 12.9. The SMILES string of the molecule is CC(c1cccc(F)c1F)N1CCCC(C(=O)O)C1. The van der Waals surface area contributed by atoms with Gasteiger partial charge in [0.15, 0.2) is 11.6 Å². The lowest BCUT2D eigenvalue weighted by Gasteiger charge is -2.35. The molecule has 2 atom stereocenters. The molecule has 0 radical (unpaired) electrons. The largest absolute Gasteiger partial charge is 0.481 e. The molecule has 2 rings (SSSR count). The van der Waals surface area contributed by atoms with Crippen LogP contribution >= 0.6 is 0 Å². The molecule has 1 saturated heterocycles. The molecule has 2 unspecified atom stereocenters. The summed E-state index contributed by atoms with van der Waals surface area (Å²) in [7, 11) is 0. The van der Waals surface area contributed by atoms with E-state index in [1.54, 1.807) is 13.0 Å². The van der Waals surface area contributed by atoms with E-state index >= 15 is 0 Å². The van der Waals surface area contributed by atoms with Crippen LogP contribution in [0.1, 0.15) is 31.4 Å². The monoisotopic (exact) mass is 269 g/mol. The third kappa shape index (κ3) is 2.92. The van der Waals surface area contributed by atoms with Gasteiger partial charge in [-0.15, -0.1) is 0 Å².